The Morgan fingerprint density at radius 3 is 2.63 bits per heavy atom. The van der Waals surface area contributed by atoms with Crippen molar-refractivity contribution in [2.24, 2.45) is 10.7 Å². The molecule has 7 heteroatoms. The molecule has 0 fully saturated rings. The minimum Gasteiger partial charge on any atom is -0.493 e. The van der Waals surface area contributed by atoms with Crippen LogP contribution in [0.5, 0.6) is 0 Å². The van der Waals surface area contributed by atoms with Crippen LogP contribution in [-0.4, -0.2) is 46.3 Å². The van der Waals surface area contributed by atoms with E-state index in [9.17, 15) is 15.0 Å². The van der Waals surface area contributed by atoms with Gasteiger partial charge in [-0.2, -0.15) is 0 Å². The number of carboxylic acid groups (broad SMARTS) is 1. The van der Waals surface area contributed by atoms with E-state index in [4.69, 9.17) is 15.6 Å². The summed E-state index contributed by atoms with van der Waals surface area (Å²) < 4.78 is 5.09. The van der Waals surface area contributed by atoms with Crippen molar-refractivity contribution < 1.29 is 24.9 Å². The van der Waals surface area contributed by atoms with Gasteiger partial charge in [0.25, 0.3) is 0 Å². The molecule has 0 spiro atoms. The highest BCUT2D eigenvalue weighted by Crippen LogP contribution is 2.29. The lowest BCUT2D eigenvalue weighted by Gasteiger charge is -2.32. The van der Waals surface area contributed by atoms with Crippen LogP contribution in [0.2, 0.25) is 0 Å². The number of aliphatic carboxylic acids is 1. The molecule has 1 aliphatic rings. The van der Waals surface area contributed by atoms with Gasteiger partial charge in [-0.3, -0.25) is 0 Å². The number of carboxylic acids is 1. The molecule has 0 bridgehead atoms. The molecule has 1 atom stereocenters. The van der Waals surface area contributed by atoms with Crippen molar-refractivity contribution in [1.82, 2.24) is 0 Å². The lowest BCUT2D eigenvalue weighted by molar-refractivity contribution is -0.132. The number of ether oxygens (including phenoxy) is 1. The highest BCUT2D eigenvalue weighted by Gasteiger charge is 2.37. The van der Waals surface area contributed by atoms with E-state index < -0.39 is 18.2 Å². The molecule has 0 unspecified atom stereocenters. The van der Waals surface area contributed by atoms with Crippen LogP contribution in [0.15, 0.2) is 28.2 Å². The van der Waals surface area contributed by atoms with Gasteiger partial charge in [-0.05, 0) is 6.92 Å². The molecule has 0 aromatic rings. The highest BCUT2D eigenvalue weighted by atomic mass is 16.5. The van der Waals surface area contributed by atoms with E-state index in [0.717, 1.165) is 0 Å². The Kier molecular flexibility index (Phi) is 4.68. The van der Waals surface area contributed by atoms with Crippen molar-refractivity contribution in [3.8, 4) is 0 Å². The number of nitrogens with zero attached hydrogens (tertiary/aromatic N) is 1. The summed E-state index contributed by atoms with van der Waals surface area (Å²) in [5.74, 6) is -0.944. The highest BCUT2D eigenvalue weighted by molar-refractivity contribution is 6.03. The number of allylic oxidation sites excluding steroid dienone is 2. The molecule has 5 N–H and O–H groups in total. The van der Waals surface area contributed by atoms with E-state index >= 15 is 0 Å². The molecule has 0 aromatic heterocycles. The molecule has 0 amide bonds. The first-order valence-electron chi connectivity index (χ1n) is 5.70. The normalized spacial score (nSPS) is 26.7. The van der Waals surface area contributed by atoms with Crippen LogP contribution in [0, 0.1) is 0 Å². The molecule has 106 valence electrons. The summed E-state index contributed by atoms with van der Waals surface area (Å²) in [4.78, 5) is 14.9. The smallest absolute Gasteiger partial charge is 0.354 e. The summed E-state index contributed by atoms with van der Waals surface area (Å²) in [6.45, 7) is 1.04. The number of nitrogens with two attached hydrogens (primary N) is 1. The molecule has 1 rings (SSSR count). The van der Waals surface area contributed by atoms with Gasteiger partial charge in [-0.1, -0.05) is 6.08 Å². The zero-order chi connectivity index (χ0) is 14.6. The van der Waals surface area contributed by atoms with E-state index in [2.05, 4.69) is 4.99 Å². The lowest BCUT2D eigenvalue weighted by atomic mass is 9.86. The molecule has 7 nitrogen and oxygen atoms in total. The van der Waals surface area contributed by atoms with Gasteiger partial charge in [-0.25, -0.2) is 9.79 Å². The third-order valence-corrected chi connectivity index (χ3v) is 2.82. The first kappa shape index (κ1) is 15.2. The Balaban J connectivity index is 3.26. The second-order valence-electron chi connectivity index (χ2n) is 4.33. The minimum atomic E-state index is -1.44. The van der Waals surface area contributed by atoms with Crippen LogP contribution in [0.1, 0.15) is 19.8 Å². The molecular weight excluding hydrogens is 252 g/mol. The van der Waals surface area contributed by atoms with Gasteiger partial charge in [0.1, 0.15) is 5.70 Å². The fourth-order valence-electron chi connectivity index (χ4n) is 1.91. The second-order valence-corrected chi connectivity index (χ2v) is 4.33. The van der Waals surface area contributed by atoms with Gasteiger partial charge >= 0.3 is 5.97 Å². The molecule has 0 heterocycles. The summed E-state index contributed by atoms with van der Waals surface area (Å²) >= 11 is 0. The Hall–Kier alpha value is -1.86. The lowest BCUT2D eigenvalue weighted by Crippen LogP contribution is -2.42. The van der Waals surface area contributed by atoms with E-state index in [1.807, 2.05) is 0 Å². The number of methoxy groups -OCH3 is 1. The van der Waals surface area contributed by atoms with Crippen LogP contribution in [0.25, 0.3) is 0 Å². The SMILES string of the molecule is C/C=C(/N=C1\C[C@](O)(CO)CC(N)=C1OC)C(=O)O. The third-order valence-electron chi connectivity index (χ3n) is 2.82. The number of hydrogen-bond donors (Lipinski definition) is 4. The maximum atomic E-state index is 10.9. The summed E-state index contributed by atoms with van der Waals surface area (Å²) in [7, 11) is 1.39. The fourth-order valence-corrected chi connectivity index (χ4v) is 1.91. The predicted octanol–water partition coefficient (Wildman–Crippen LogP) is -0.250. The standard InChI is InChI=1S/C12H18N2O5/c1-3-8(11(16)17)14-9-5-12(18,6-15)4-7(13)10(9)19-2/h3,15,18H,4-6,13H2,1-2H3,(H,16,17)/b8-3+,14-9+/t12-/m0/s1. The molecule has 0 radical (unpaired) electrons. The number of aliphatic hydroxyl groups is 2. The molecule has 0 aromatic carbocycles. The van der Waals surface area contributed by atoms with Crippen molar-refractivity contribution in [2.45, 2.75) is 25.4 Å². The van der Waals surface area contributed by atoms with Crippen molar-refractivity contribution >= 4 is 11.7 Å². The van der Waals surface area contributed by atoms with Crippen molar-refractivity contribution in [3.05, 3.63) is 23.2 Å². The zero-order valence-corrected chi connectivity index (χ0v) is 10.9. The molecule has 0 saturated carbocycles. The van der Waals surface area contributed by atoms with Crippen LogP contribution >= 0.6 is 0 Å². The maximum absolute atomic E-state index is 10.9. The monoisotopic (exact) mass is 270 g/mol. The Bertz CT molecular complexity index is 467. The summed E-state index contributed by atoms with van der Waals surface area (Å²) in [6.07, 6.45) is 1.34. The minimum absolute atomic E-state index is 0.0298. The number of hydrogen-bond acceptors (Lipinski definition) is 6. The average Bonchev–Trinajstić information content (AvgIpc) is 2.35. The largest absolute Gasteiger partial charge is 0.493 e. The summed E-state index contributed by atoms with van der Waals surface area (Å²) in [6, 6.07) is 0. The fraction of sp³-hybridized carbons (Fsp3) is 0.500. The Morgan fingerprint density at radius 1 is 1.58 bits per heavy atom. The van der Waals surface area contributed by atoms with E-state index in [1.54, 1.807) is 0 Å². The second kappa shape index (κ2) is 5.85. The first-order valence-corrected chi connectivity index (χ1v) is 5.70. The van der Waals surface area contributed by atoms with Crippen LogP contribution in [-0.2, 0) is 9.53 Å². The van der Waals surface area contributed by atoms with Gasteiger partial charge in [-0.15, -0.1) is 0 Å². The quantitative estimate of drug-likeness (QED) is 0.522. The van der Waals surface area contributed by atoms with Gasteiger partial charge in [0, 0.05) is 12.8 Å². The van der Waals surface area contributed by atoms with Crippen molar-refractivity contribution in [1.29, 1.82) is 0 Å². The molecule has 19 heavy (non-hydrogen) atoms. The number of carbonyl (C=O) groups is 1. The molecule has 1 aliphatic carbocycles. The van der Waals surface area contributed by atoms with E-state index in [1.165, 1.54) is 20.1 Å². The van der Waals surface area contributed by atoms with E-state index in [0.29, 0.717) is 0 Å². The first-order chi connectivity index (χ1) is 8.86. The van der Waals surface area contributed by atoms with Crippen LogP contribution in [0.4, 0.5) is 0 Å². The summed E-state index contributed by atoms with van der Waals surface area (Å²) in [5.41, 5.74) is 4.57. The molecule has 0 aliphatic heterocycles. The summed E-state index contributed by atoms with van der Waals surface area (Å²) in [5, 5.41) is 28.2. The average molecular weight is 270 g/mol. The molecular formula is C12H18N2O5. The van der Waals surface area contributed by atoms with Crippen molar-refractivity contribution in [3.63, 3.8) is 0 Å². The Morgan fingerprint density at radius 2 is 2.21 bits per heavy atom. The topological polar surface area (TPSA) is 125 Å². The van der Waals surface area contributed by atoms with E-state index in [-0.39, 0.29) is 35.7 Å². The van der Waals surface area contributed by atoms with Crippen molar-refractivity contribution in [2.75, 3.05) is 13.7 Å². The van der Waals surface area contributed by atoms with Gasteiger partial charge in [0.15, 0.2) is 5.76 Å². The van der Waals surface area contributed by atoms with Crippen LogP contribution < -0.4 is 5.73 Å². The zero-order valence-electron chi connectivity index (χ0n) is 10.9. The number of aliphatic hydroxyl groups excluding tert-OH is 1. The predicted molar refractivity (Wildman–Crippen MR) is 68.3 cm³/mol. The Labute approximate surface area is 110 Å². The third kappa shape index (κ3) is 3.33. The van der Waals surface area contributed by atoms with Gasteiger partial charge < -0.3 is 25.8 Å². The van der Waals surface area contributed by atoms with Gasteiger partial charge in [0.05, 0.1) is 30.7 Å². The number of aliphatic imine (C=N–C) groups is 1. The van der Waals surface area contributed by atoms with Gasteiger partial charge in [0.2, 0.25) is 0 Å². The van der Waals surface area contributed by atoms with Crippen LogP contribution in [0.3, 0.4) is 0 Å². The number of rotatable bonds is 4. The maximum Gasteiger partial charge on any atom is 0.354 e. The molecule has 0 saturated heterocycles.